The van der Waals surface area contributed by atoms with E-state index in [0.717, 1.165) is 0 Å². The zero-order valence-corrected chi connectivity index (χ0v) is 14.1. The van der Waals surface area contributed by atoms with Gasteiger partial charge < -0.3 is 15.4 Å². The fourth-order valence-electron chi connectivity index (χ4n) is 2.01. The van der Waals surface area contributed by atoms with Crippen LogP contribution in [-0.2, 0) is 4.74 Å². The molecule has 0 unspecified atom stereocenters. The van der Waals surface area contributed by atoms with E-state index in [2.05, 4.69) is 9.84 Å². The Morgan fingerprint density at radius 2 is 1.96 bits per heavy atom. The average molecular weight is 354 g/mol. The van der Waals surface area contributed by atoms with Crippen molar-refractivity contribution in [2.24, 2.45) is 0 Å². The number of hydrogen-bond donors (Lipinski definition) is 1. The number of halogens is 2. The minimum Gasteiger partial charge on any atom is -0.465 e. The van der Waals surface area contributed by atoms with Crippen molar-refractivity contribution in [2.45, 2.75) is 0 Å². The van der Waals surface area contributed by atoms with Crippen LogP contribution in [0.4, 0.5) is 11.6 Å². The fraction of sp³-hybridized carbons (Fsp3) is 0.214. The molecule has 0 saturated heterocycles. The van der Waals surface area contributed by atoms with E-state index in [0.29, 0.717) is 5.82 Å². The van der Waals surface area contributed by atoms with Gasteiger partial charge in [0, 0.05) is 14.1 Å². The number of methoxy groups -OCH3 is 1. The maximum Gasteiger partial charge on any atom is 0.337 e. The number of ether oxygens (including phenoxy) is 1. The molecule has 0 spiro atoms. The van der Waals surface area contributed by atoms with Crippen molar-refractivity contribution in [2.75, 3.05) is 31.8 Å². The third kappa shape index (κ3) is 2.91. The molecule has 7 nitrogen and oxygen atoms in total. The highest BCUT2D eigenvalue weighted by Crippen LogP contribution is 2.34. The Hall–Kier alpha value is -2.43. The van der Waals surface area contributed by atoms with Crippen LogP contribution < -0.4 is 10.6 Å². The topological polar surface area (TPSA) is 97.2 Å². The Morgan fingerprint density at radius 3 is 2.35 bits per heavy atom. The maximum atomic E-state index is 11.6. The summed E-state index contributed by atoms with van der Waals surface area (Å²) in [7, 11) is 4.72. The second-order valence-corrected chi connectivity index (χ2v) is 5.60. The number of nitrogens with two attached hydrogens (primary N) is 1. The summed E-state index contributed by atoms with van der Waals surface area (Å²) in [5.41, 5.74) is 6.68. The van der Waals surface area contributed by atoms with Gasteiger partial charge in [-0.3, -0.25) is 0 Å². The van der Waals surface area contributed by atoms with Gasteiger partial charge in [-0.15, -0.1) is 5.10 Å². The highest BCUT2D eigenvalue weighted by molar-refractivity contribution is 6.38. The predicted molar refractivity (Wildman–Crippen MR) is 88.4 cm³/mol. The summed E-state index contributed by atoms with van der Waals surface area (Å²) in [5.74, 6) is -0.0829. The number of rotatable bonds is 3. The lowest BCUT2D eigenvalue weighted by Crippen LogP contribution is -2.11. The molecule has 0 aliphatic rings. The third-order valence-electron chi connectivity index (χ3n) is 3.09. The van der Waals surface area contributed by atoms with Crippen molar-refractivity contribution in [3.05, 3.63) is 33.3 Å². The minimum absolute atomic E-state index is 0.103. The number of anilines is 2. The van der Waals surface area contributed by atoms with Crippen LogP contribution in [0.5, 0.6) is 0 Å². The van der Waals surface area contributed by atoms with Gasteiger partial charge in [-0.1, -0.05) is 23.2 Å². The van der Waals surface area contributed by atoms with Gasteiger partial charge in [0.2, 0.25) is 0 Å². The van der Waals surface area contributed by atoms with E-state index in [-0.39, 0.29) is 32.7 Å². The number of esters is 1. The number of nitrogens with zero attached hydrogens (tertiary/aromatic N) is 4. The molecule has 1 aromatic carbocycles. The monoisotopic (exact) mass is 353 g/mol. The Kier molecular flexibility index (Phi) is 4.68. The number of nitriles is 1. The van der Waals surface area contributed by atoms with Crippen LogP contribution in [0.1, 0.15) is 15.9 Å². The van der Waals surface area contributed by atoms with Crippen LogP contribution in [-0.4, -0.2) is 37.0 Å². The molecule has 0 aliphatic heterocycles. The fourth-order valence-corrected chi connectivity index (χ4v) is 2.66. The van der Waals surface area contributed by atoms with Gasteiger partial charge in [0.15, 0.2) is 5.82 Å². The average Bonchev–Trinajstić information content (AvgIpc) is 2.82. The Bertz CT molecular complexity index is 800. The lowest BCUT2D eigenvalue weighted by Gasteiger charge is -2.11. The maximum absolute atomic E-state index is 11.6. The third-order valence-corrected chi connectivity index (χ3v) is 3.66. The first-order chi connectivity index (χ1) is 10.8. The first-order valence-corrected chi connectivity index (χ1v) is 7.11. The predicted octanol–water partition coefficient (Wildman–Crippen LogP) is 2.49. The van der Waals surface area contributed by atoms with Crippen LogP contribution in [0.3, 0.4) is 0 Å². The van der Waals surface area contributed by atoms with Crippen LogP contribution in [0.2, 0.25) is 10.0 Å². The molecule has 9 heteroatoms. The summed E-state index contributed by atoms with van der Waals surface area (Å²) < 4.78 is 5.91. The lowest BCUT2D eigenvalue weighted by molar-refractivity contribution is 0.0600. The van der Waals surface area contributed by atoms with Crippen molar-refractivity contribution < 1.29 is 9.53 Å². The molecule has 0 radical (unpaired) electrons. The smallest absolute Gasteiger partial charge is 0.337 e. The first kappa shape index (κ1) is 16.9. The molecule has 0 amide bonds. The number of carbonyl (C=O) groups is 1. The van der Waals surface area contributed by atoms with Gasteiger partial charge in [0.25, 0.3) is 0 Å². The second-order valence-electron chi connectivity index (χ2n) is 4.78. The SMILES string of the molecule is COC(=O)c1cc(Cl)c(-n2nc(N(C)C)c(C#N)c2N)c(Cl)c1. The summed E-state index contributed by atoms with van der Waals surface area (Å²) in [6, 6.07) is 4.80. The Balaban J connectivity index is 2.69. The molecule has 2 aromatic rings. The van der Waals surface area contributed by atoms with E-state index in [1.165, 1.54) is 23.9 Å². The van der Waals surface area contributed by atoms with E-state index in [4.69, 9.17) is 28.9 Å². The molecule has 23 heavy (non-hydrogen) atoms. The molecule has 2 N–H and O–H groups in total. The summed E-state index contributed by atoms with van der Waals surface area (Å²) in [6.45, 7) is 0. The number of aromatic nitrogens is 2. The summed E-state index contributed by atoms with van der Waals surface area (Å²) in [6.07, 6.45) is 0. The molecule has 0 bridgehead atoms. The molecular weight excluding hydrogens is 341 g/mol. The minimum atomic E-state index is -0.569. The van der Waals surface area contributed by atoms with E-state index in [1.54, 1.807) is 19.0 Å². The van der Waals surface area contributed by atoms with Gasteiger partial charge in [-0.25, -0.2) is 9.48 Å². The van der Waals surface area contributed by atoms with E-state index >= 15 is 0 Å². The van der Waals surface area contributed by atoms with Crippen LogP contribution in [0.25, 0.3) is 5.69 Å². The summed E-state index contributed by atoms with van der Waals surface area (Å²) in [4.78, 5) is 13.2. The highest BCUT2D eigenvalue weighted by atomic mass is 35.5. The van der Waals surface area contributed by atoms with Crippen molar-refractivity contribution in [3.8, 4) is 11.8 Å². The van der Waals surface area contributed by atoms with Crippen molar-refractivity contribution >= 4 is 40.8 Å². The summed E-state index contributed by atoms with van der Waals surface area (Å²) in [5, 5.41) is 13.8. The van der Waals surface area contributed by atoms with Gasteiger partial charge >= 0.3 is 5.97 Å². The Labute approximate surface area is 142 Å². The number of nitrogen functional groups attached to an aromatic ring is 1. The van der Waals surface area contributed by atoms with Crippen molar-refractivity contribution in [1.29, 1.82) is 5.26 Å². The number of benzene rings is 1. The van der Waals surface area contributed by atoms with Gasteiger partial charge in [0.1, 0.15) is 23.1 Å². The summed E-state index contributed by atoms with van der Waals surface area (Å²) >= 11 is 12.4. The van der Waals surface area contributed by atoms with Crippen molar-refractivity contribution in [1.82, 2.24) is 9.78 Å². The Morgan fingerprint density at radius 1 is 1.39 bits per heavy atom. The standard InChI is InChI=1S/C14H13Cl2N5O2/c1-20(2)13-8(6-17)12(18)21(19-13)11-9(15)4-7(5-10(11)16)14(22)23-3/h4-5H,18H2,1-3H3. The zero-order valence-electron chi connectivity index (χ0n) is 12.6. The van der Waals surface area contributed by atoms with Gasteiger partial charge in [0.05, 0.1) is 22.7 Å². The highest BCUT2D eigenvalue weighted by Gasteiger charge is 2.22. The molecule has 0 saturated carbocycles. The van der Waals surface area contributed by atoms with E-state index in [9.17, 15) is 10.1 Å². The lowest BCUT2D eigenvalue weighted by atomic mass is 10.2. The molecule has 0 atom stereocenters. The normalized spacial score (nSPS) is 10.3. The number of hydrogen-bond acceptors (Lipinski definition) is 6. The molecule has 1 aromatic heterocycles. The van der Waals surface area contributed by atoms with E-state index in [1.807, 2.05) is 6.07 Å². The zero-order chi connectivity index (χ0) is 17.3. The number of carbonyl (C=O) groups excluding carboxylic acids is 1. The molecule has 120 valence electrons. The molecule has 0 fully saturated rings. The second kappa shape index (κ2) is 6.36. The first-order valence-electron chi connectivity index (χ1n) is 6.35. The van der Waals surface area contributed by atoms with Gasteiger partial charge in [-0.05, 0) is 12.1 Å². The van der Waals surface area contributed by atoms with Gasteiger partial charge in [-0.2, -0.15) is 5.26 Å². The molecule has 1 heterocycles. The van der Waals surface area contributed by atoms with E-state index < -0.39 is 5.97 Å². The van der Waals surface area contributed by atoms with Crippen LogP contribution in [0, 0.1) is 11.3 Å². The largest absolute Gasteiger partial charge is 0.465 e. The molecular formula is C14H13Cl2N5O2. The molecule has 2 rings (SSSR count). The van der Waals surface area contributed by atoms with Crippen LogP contribution >= 0.6 is 23.2 Å². The van der Waals surface area contributed by atoms with Crippen LogP contribution in [0.15, 0.2) is 12.1 Å². The quantitative estimate of drug-likeness (QED) is 0.851. The molecule has 0 aliphatic carbocycles. The van der Waals surface area contributed by atoms with Crippen molar-refractivity contribution in [3.63, 3.8) is 0 Å².